The second-order valence-corrected chi connectivity index (χ2v) is 6.16. The van der Waals surface area contributed by atoms with Crippen molar-refractivity contribution >= 4 is 12.0 Å². The van der Waals surface area contributed by atoms with Crippen molar-refractivity contribution in [1.29, 1.82) is 0 Å². The lowest BCUT2D eigenvalue weighted by molar-refractivity contribution is -0.141. The fourth-order valence-electron chi connectivity index (χ4n) is 3.34. The van der Waals surface area contributed by atoms with Gasteiger partial charge in [-0.3, -0.25) is 0 Å². The maximum absolute atomic E-state index is 12.0. The van der Waals surface area contributed by atoms with E-state index < -0.39 is 12.0 Å². The number of piperidine rings is 1. The maximum atomic E-state index is 12.0. The Bertz CT molecular complexity index is 375. The lowest BCUT2D eigenvalue weighted by Gasteiger charge is -2.33. The second-order valence-electron chi connectivity index (χ2n) is 6.16. The summed E-state index contributed by atoms with van der Waals surface area (Å²) < 4.78 is 0. The van der Waals surface area contributed by atoms with Gasteiger partial charge in [0.2, 0.25) is 0 Å². The number of hydrogen-bond acceptors (Lipinski definition) is 3. The molecule has 6 heteroatoms. The molecule has 21 heavy (non-hydrogen) atoms. The lowest BCUT2D eigenvalue weighted by Crippen LogP contribution is -2.46. The van der Waals surface area contributed by atoms with Gasteiger partial charge < -0.3 is 20.2 Å². The van der Waals surface area contributed by atoms with Crippen LogP contribution in [0, 0.1) is 0 Å². The third kappa shape index (κ3) is 4.33. The van der Waals surface area contributed by atoms with Gasteiger partial charge >= 0.3 is 12.0 Å². The van der Waals surface area contributed by atoms with Gasteiger partial charge in [0.1, 0.15) is 6.04 Å². The van der Waals surface area contributed by atoms with E-state index in [2.05, 4.69) is 17.1 Å². The Morgan fingerprint density at radius 2 is 2.00 bits per heavy atom. The summed E-state index contributed by atoms with van der Waals surface area (Å²) in [6.45, 7) is 5.59. The van der Waals surface area contributed by atoms with Crippen LogP contribution in [-0.4, -0.2) is 65.2 Å². The first-order valence-electron chi connectivity index (χ1n) is 8.11. The summed E-state index contributed by atoms with van der Waals surface area (Å²) in [5, 5.41) is 11.9. The zero-order chi connectivity index (χ0) is 15.2. The van der Waals surface area contributed by atoms with Crippen LogP contribution < -0.4 is 5.32 Å². The molecule has 1 unspecified atom stereocenters. The van der Waals surface area contributed by atoms with Crippen molar-refractivity contribution in [2.45, 2.75) is 57.5 Å². The number of aliphatic carboxylic acids is 1. The van der Waals surface area contributed by atoms with Gasteiger partial charge in [-0.2, -0.15) is 0 Å². The molecule has 0 aromatic carbocycles. The maximum Gasteiger partial charge on any atom is 0.326 e. The number of likely N-dealkylation sites (tertiary alicyclic amines) is 2. The van der Waals surface area contributed by atoms with Crippen molar-refractivity contribution in [3.05, 3.63) is 0 Å². The highest BCUT2D eigenvalue weighted by molar-refractivity contribution is 5.83. The molecule has 0 aromatic rings. The smallest absolute Gasteiger partial charge is 0.326 e. The van der Waals surface area contributed by atoms with Crippen molar-refractivity contribution in [1.82, 2.24) is 15.1 Å². The van der Waals surface area contributed by atoms with Crippen molar-refractivity contribution < 1.29 is 14.7 Å². The fraction of sp³-hybridized carbons (Fsp3) is 0.867. The van der Waals surface area contributed by atoms with Crippen molar-refractivity contribution in [3.63, 3.8) is 0 Å². The molecule has 0 radical (unpaired) electrons. The van der Waals surface area contributed by atoms with Crippen LogP contribution in [-0.2, 0) is 4.79 Å². The minimum absolute atomic E-state index is 0.230. The Morgan fingerprint density at radius 3 is 2.71 bits per heavy atom. The Hall–Kier alpha value is -1.30. The molecule has 2 rings (SSSR count). The largest absolute Gasteiger partial charge is 0.480 e. The number of carboxylic acid groups (broad SMARTS) is 1. The summed E-state index contributed by atoms with van der Waals surface area (Å²) in [4.78, 5) is 27.0. The summed E-state index contributed by atoms with van der Waals surface area (Å²) in [6.07, 6.45) is 6.11. The highest BCUT2D eigenvalue weighted by atomic mass is 16.4. The molecule has 6 nitrogen and oxygen atoms in total. The van der Waals surface area contributed by atoms with Gasteiger partial charge in [0, 0.05) is 25.7 Å². The average Bonchev–Trinajstić information content (AvgIpc) is 2.95. The number of rotatable bonds is 5. The van der Waals surface area contributed by atoms with Crippen molar-refractivity contribution in [2.75, 3.05) is 26.2 Å². The number of amides is 2. The predicted molar refractivity (Wildman–Crippen MR) is 80.3 cm³/mol. The van der Waals surface area contributed by atoms with Crippen molar-refractivity contribution in [2.24, 2.45) is 0 Å². The van der Waals surface area contributed by atoms with E-state index in [0.29, 0.717) is 25.6 Å². The highest BCUT2D eigenvalue weighted by Gasteiger charge is 2.33. The molecule has 0 saturated carbocycles. The summed E-state index contributed by atoms with van der Waals surface area (Å²) in [5.41, 5.74) is 0. The van der Waals surface area contributed by atoms with Crippen LogP contribution in [0.2, 0.25) is 0 Å². The summed E-state index contributed by atoms with van der Waals surface area (Å²) >= 11 is 0. The van der Waals surface area contributed by atoms with Crippen LogP contribution in [0.1, 0.15) is 45.4 Å². The van der Waals surface area contributed by atoms with Gasteiger partial charge in [0.05, 0.1) is 0 Å². The van der Waals surface area contributed by atoms with Gasteiger partial charge in [-0.1, -0.05) is 6.42 Å². The van der Waals surface area contributed by atoms with Crippen molar-refractivity contribution in [3.8, 4) is 0 Å². The van der Waals surface area contributed by atoms with Crippen LogP contribution in [0.4, 0.5) is 4.79 Å². The Labute approximate surface area is 126 Å². The second kappa shape index (κ2) is 7.64. The normalized spacial score (nSPS) is 26.8. The zero-order valence-electron chi connectivity index (χ0n) is 12.9. The monoisotopic (exact) mass is 297 g/mol. The Kier molecular flexibility index (Phi) is 5.85. The van der Waals surface area contributed by atoms with E-state index in [1.807, 2.05) is 0 Å². The molecule has 120 valence electrons. The molecule has 2 atom stereocenters. The predicted octanol–water partition coefficient (Wildman–Crippen LogP) is 1.51. The molecule has 0 bridgehead atoms. The first kappa shape index (κ1) is 16.1. The third-order valence-electron chi connectivity index (χ3n) is 4.64. The minimum Gasteiger partial charge on any atom is -0.480 e. The van der Waals surface area contributed by atoms with E-state index in [-0.39, 0.29) is 6.03 Å². The van der Waals surface area contributed by atoms with Gasteiger partial charge in [-0.05, 0) is 45.6 Å². The van der Waals surface area contributed by atoms with Crippen LogP contribution in [0.5, 0.6) is 0 Å². The minimum atomic E-state index is -0.898. The molecule has 0 aromatic heterocycles. The summed E-state index contributed by atoms with van der Waals surface area (Å²) in [6, 6.07) is -0.233. The summed E-state index contributed by atoms with van der Waals surface area (Å²) in [5.74, 6) is -0.898. The number of carbonyl (C=O) groups is 2. The fourth-order valence-corrected chi connectivity index (χ4v) is 3.34. The number of nitrogens with zero attached hydrogens (tertiary/aromatic N) is 2. The number of nitrogens with one attached hydrogen (secondary N) is 1. The van der Waals surface area contributed by atoms with Crippen LogP contribution in [0.3, 0.4) is 0 Å². The highest BCUT2D eigenvalue weighted by Crippen LogP contribution is 2.18. The molecule has 2 N–H and O–H groups in total. The standard InChI is InChI=1S/C15H27N3O3/c1-12-6-2-3-9-17(12)10-5-8-16-15(21)18-11-4-7-13(18)14(19)20/h12-13H,2-11H2,1H3,(H,16,21)(H,19,20)/t12?,13-/m0/s1. The van der Waals surface area contributed by atoms with Crippen LogP contribution in [0.25, 0.3) is 0 Å². The molecule has 2 heterocycles. The van der Waals surface area contributed by atoms with E-state index in [4.69, 9.17) is 5.11 Å². The molecule has 2 aliphatic rings. The Morgan fingerprint density at radius 1 is 1.19 bits per heavy atom. The first-order chi connectivity index (χ1) is 10.1. The molecule has 0 aliphatic carbocycles. The SMILES string of the molecule is CC1CCCCN1CCCNC(=O)N1CCC[C@H]1C(=O)O. The molecule has 2 fully saturated rings. The Balaban J connectivity index is 1.66. The van der Waals surface area contributed by atoms with Gasteiger partial charge in [0.15, 0.2) is 0 Å². The topological polar surface area (TPSA) is 72.9 Å². The number of carbonyl (C=O) groups excluding carboxylic acids is 1. The summed E-state index contributed by atoms with van der Waals surface area (Å²) in [7, 11) is 0. The molecule has 2 aliphatic heterocycles. The first-order valence-corrected chi connectivity index (χ1v) is 8.11. The molecular formula is C15H27N3O3. The van der Waals surface area contributed by atoms with Gasteiger partial charge in [-0.15, -0.1) is 0 Å². The van der Waals surface area contributed by atoms with Crippen LogP contribution in [0.15, 0.2) is 0 Å². The van der Waals surface area contributed by atoms with Gasteiger partial charge in [-0.25, -0.2) is 9.59 Å². The molecule has 2 saturated heterocycles. The van der Waals surface area contributed by atoms with Gasteiger partial charge in [0.25, 0.3) is 0 Å². The zero-order valence-corrected chi connectivity index (χ0v) is 12.9. The van der Waals surface area contributed by atoms with E-state index >= 15 is 0 Å². The van der Waals surface area contributed by atoms with Crippen LogP contribution >= 0.6 is 0 Å². The molecular weight excluding hydrogens is 270 g/mol. The van der Waals surface area contributed by atoms with E-state index in [1.165, 1.54) is 24.2 Å². The molecule has 2 amide bonds. The molecule has 0 spiro atoms. The average molecular weight is 297 g/mol. The quantitative estimate of drug-likeness (QED) is 0.755. The number of urea groups is 1. The third-order valence-corrected chi connectivity index (χ3v) is 4.64. The number of hydrogen-bond donors (Lipinski definition) is 2. The van der Waals surface area contributed by atoms with E-state index in [9.17, 15) is 9.59 Å². The van der Waals surface area contributed by atoms with E-state index in [0.717, 1.165) is 25.9 Å². The van der Waals surface area contributed by atoms with E-state index in [1.54, 1.807) is 0 Å². The number of carboxylic acids is 1. The lowest BCUT2D eigenvalue weighted by atomic mass is 10.0.